The molecule has 0 unspecified atom stereocenters. The van der Waals surface area contributed by atoms with Crippen LogP contribution >= 0.6 is 15.9 Å². The average molecular weight is 348 g/mol. The molecule has 1 N–H and O–H groups in total. The molecule has 21 heavy (non-hydrogen) atoms. The minimum absolute atomic E-state index is 0.593. The first-order chi connectivity index (χ1) is 10.1. The largest absolute Gasteiger partial charge is 0.325 e. The molecular formula is C17H22BrN3. The normalized spacial score (nSPS) is 16.1. The summed E-state index contributed by atoms with van der Waals surface area (Å²) in [4.78, 5) is 4.69. The highest BCUT2D eigenvalue weighted by Gasteiger charge is 2.19. The van der Waals surface area contributed by atoms with Gasteiger partial charge in [0.25, 0.3) is 0 Å². The fraction of sp³-hybridized carbons (Fsp3) is 0.471. The fourth-order valence-electron chi connectivity index (χ4n) is 3.10. The molecule has 1 saturated carbocycles. The molecule has 1 fully saturated rings. The van der Waals surface area contributed by atoms with Crippen LogP contribution in [0, 0.1) is 13.8 Å². The Bertz CT molecular complexity index is 627. The van der Waals surface area contributed by atoms with E-state index in [2.05, 4.69) is 69.0 Å². The zero-order valence-electron chi connectivity index (χ0n) is 12.7. The van der Waals surface area contributed by atoms with E-state index < -0.39 is 0 Å². The summed E-state index contributed by atoms with van der Waals surface area (Å²) in [6, 6.07) is 6.90. The molecule has 0 radical (unpaired) electrons. The van der Waals surface area contributed by atoms with Crippen LogP contribution in [0.5, 0.6) is 0 Å². The van der Waals surface area contributed by atoms with E-state index in [0.29, 0.717) is 6.04 Å². The quantitative estimate of drug-likeness (QED) is 0.792. The monoisotopic (exact) mass is 347 g/mol. The van der Waals surface area contributed by atoms with E-state index in [0.717, 1.165) is 21.8 Å². The van der Waals surface area contributed by atoms with Crippen molar-refractivity contribution >= 4 is 27.6 Å². The van der Waals surface area contributed by atoms with Crippen LogP contribution in [0.3, 0.4) is 0 Å². The predicted octanol–water partition coefficient (Wildman–Crippen LogP) is 5.51. The first-order valence-electron chi connectivity index (χ1n) is 7.72. The summed E-state index contributed by atoms with van der Waals surface area (Å²) in [5, 5.41) is 3.52. The van der Waals surface area contributed by atoms with Gasteiger partial charge < -0.3 is 9.88 Å². The molecule has 1 aliphatic rings. The molecule has 112 valence electrons. The van der Waals surface area contributed by atoms with Gasteiger partial charge in [-0.05, 0) is 44.4 Å². The molecule has 1 heterocycles. The molecule has 3 nitrogen and oxygen atoms in total. The van der Waals surface area contributed by atoms with Crippen molar-refractivity contribution < 1.29 is 0 Å². The van der Waals surface area contributed by atoms with Crippen LogP contribution in [-0.2, 0) is 0 Å². The van der Waals surface area contributed by atoms with E-state index in [1.165, 1.54) is 37.7 Å². The van der Waals surface area contributed by atoms with Crippen LogP contribution in [0.2, 0.25) is 0 Å². The number of anilines is 2. The lowest BCUT2D eigenvalue weighted by Crippen LogP contribution is -2.14. The van der Waals surface area contributed by atoms with Gasteiger partial charge in [-0.1, -0.05) is 41.3 Å². The summed E-state index contributed by atoms with van der Waals surface area (Å²) in [6.07, 6.45) is 8.75. The van der Waals surface area contributed by atoms with Crippen LogP contribution in [-0.4, -0.2) is 9.55 Å². The van der Waals surface area contributed by atoms with Crippen molar-refractivity contribution in [2.75, 3.05) is 5.32 Å². The minimum atomic E-state index is 0.593. The van der Waals surface area contributed by atoms with Gasteiger partial charge in [0.2, 0.25) is 5.95 Å². The molecule has 0 saturated heterocycles. The minimum Gasteiger partial charge on any atom is -0.325 e. The number of nitrogens with zero attached hydrogens (tertiary/aromatic N) is 2. The number of benzene rings is 1. The zero-order chi connectivity index (χ0) is 14.8. The van der Waals surface area contributed by atoms with Gasteiger partial charge in [-0.15, -0.1) is 0 Å². The Morgan fingerprint density at radius 1 is 1.19 bits per heavy atom. The first-order valence-corrected chi connectivity index (χ1v) is 8.51. The van der Waals surface area contributed by atoms with Gasteiger partial charge in [0.1, 0.15) is 0 Å². The molecule has 4 heteroatoms. The van der Waals surface area contributed by atoms with Gasteiger partial charge in [-0.25, -0.2) is 4.98 Å². The van der Waals surface area contributed by atoms with Crippen molar-refractivity contribution in [2.45, 2.75) is 52.0 Å². The Hall–Kier alpha value is -1.29. The van der Waals surface area contributed by atoms with Crippen molar-refractivity contribution in [3.05, 3.63) is 40.1 Å². The lowest BCUT2D eigenvalue weighted by molar-refractivity contribution is 0.356. The van der Waals surface area contributed by atoms with Gasteiger partial charge in [-0.3, -0.25) is 0 Å². The van der Waals surface area contributed by atoms with Gasteiger partial charge in [0.05, 0.1) is 5.69 Å². The van der Waals surface area contributed by atoms with Crippen molar-refractivity contribution in [3.8, 4) is 0 Å². The summed E-state index contributed by atoms with van der Waals surface area (Å²) < 4.78 is 3.43. The third-order valence-corrected chi connectivity index (χ3v) is 4.76. The second kappa shape index (κ2) is 6.22. The molecule has 0 atom stereocenters. The highest BCUT2D eigenvalue weighted by atomic mass is 79.9. The maximum atomic E-state index is 4.69. The number of aryl methyl sites for hydroxylation is 2. The summed E-state index contributed by atoms with van der Waals surface area (Å²) in [5.41, 5.74) is 3.43. The lowest BCUT2D eigenvalue weighted by Gasteiger charge is -2.25. The molecule has 1 aromatic heterocycles. The molecule has 0 bridgehead atoms. The number of nitrogens with one attached hydrogen (secondary N) is 1. The van der Waals surface area contributed by atoms with Gasteiger partial charge >= 0.3 is 0 Å². The van der Waals surface area contributed by atoms with E-state index in [-0.39, 0.29) is 0 Å². The van der Waals surface area contributed by atoms with E-state index in [9.17, 15) is 0 Å². The highest BCUT2D eigenvalue weighted by molar-refractivity contribution is 9.10. The number of halogens is 1. The zero-order valence-corrected chi connectivity index (χ0v) is 14.3. The fourth-order valence-corrected chi connectivity index (χ4v) is 3.46. The second-order valence-corrected chi connectivity index (χ2v) is 6.90. The van der Waals surface area contributed by atoms with Crippen LogP contribution < -0.4 is 5.32 Å². The van der Waals surface area contributed by atoms with Crippen molar-refractivity contribution in [1.82, 2.24) is 9.55 Å². The number of aromatic nitrogens is 2. The van der Waals surface area contributed by atoms with E-state index >= 15 is 0 Å². The number of hydrogen-bond acceptors (Lipinski definition) is 2. The van der Waals surface area contributed by atoms with Gasteiger partial charge in [-0.2, -0.15) is 0 Å². The SMILES string of the molecule is Cc1cn(C2CCCCC2)c(Nc2cc(Br)ccc2C)n1. The summed E-state index contributed by atoms with van der Waals surface area (Å²) in [6.45, 7) is 4.19. The van der Waals surface area contributed by atoms with Crippen molar-refractivity contribution in [3.63, 3.8) is 0 Å². The lowest BCUT2D eigenvalue weighted by atomic mass is 9.95. The van der Waals surface area contributed by atoms with Crippen LogP contribution in [0.25, 0.3) is 0 Å². The van der Waals surface area contributed by atoms with Crippen molar-refractivity contribution in [2.24, 2.45) is 0 Å². The van der Waals surface area contributed by atoms with Crippen LogP contribution in [0.1, 0.15) is 49.4 Å². The predicted molar refractivity (Wildman–Crippen MR) is 91.2 cm³/mol. The van der Waals surface area contributed by atoms with Crippen LogP contribution in [0.15, 0.2) is 28.9 Å². The standard InChI is InChI=1S/C17H22BrN3/c1-12-8-9-14(18)10-16(12)20-17-19-13(2)11-21(17)15-6-4-3-5-7-15/h8-11,15H,3-7H2,1-2H3,(H,19,20). The maximum absolute atomic E-state index is 4.69. The third-order valence-electron chi connectivity index (χ3n) is 4.27. The number of imidazole rings is 1. The van der Waals surface area contributed by atoms with Crippen molar-refractivity contribution in [1.29, 1.82) is 0 Å². The average Bonchev–Trinajstić information content (AvgIpc) is 2.85. The Morgan fingerprint density at radius 3 is 2.71 bits per heavy atom. The molecular weight excluding hydrogens is 326 g/mol. The topological polar surface area (TPSA) is 29.9 Å². The van der Waals surface area contributed by atoms with E-state index in [1.54, 1.807) is 0 Å². The molecule has 0 aliphatic heterocycles. The van der Waals surface area contributed by atoms with E-state index in [4.69, 9.17) is 0 Å². The third kappa shape index (κ3) is 3.31. The number of hydrogen-bond donors (Lipinski definition) is 1. The molecule has 0 amide bonds. The summed E-state index contributed by atoms with van der Waals surface area (Å²) in [7, 11) is 0. The molecule has 1 aromatic carbocycles. The molecule has 0 spiro atoms. The molecule has 2 aromatic rings. The Balaban J connectivity index is 1.89. The van der Waals surface area contributed by atoms with Crippen LogP contribution in [0.4, 0.5) is 11.6 Å². The van der Waals surface area contributed by atoms with E-state index in [1.807, 2.05) is 0 Å². The molecule has 1 aliphatic carbocycles. The molecule has 3 rings (SSSR count). The Kier molecular flexibility index (Phi) is 4.34. The first kappa shape index (κ1) is 14.6. The number of rotatable bonds is 3. The maximum Gasteiger partial charge on any atom is 0.207 e. The van der Waals surface area contributed by atoms with Gasteiger partial charge in [0.15, 0.2) is 0 Å². The van der Waals surface area contributed by atoms with Gasteiger partial charge in [0, 0.05) is 22.4 Å². The summed E-state index contributed by atoms with van der Waals surface area (Å²) in [5.74, 6) is 0.973. The smallest absolute Gasteiger partial charge is 0.207 e. The second-order valence-electron chi connectivity index (χ2n) is 5.99. The Labute approximate surface area is 134 Å². The summed E-state index contributed by atoms with van der Waals surface area (Å²) >= 11 is 3.54. The highest BCUT2D eigenvalue weighted by Crippen LogP contribution is 2.32. The Morgan fingerprint density at radius 2 is 1.95 bits per heavy atom.